The van der Waals surface area contributed by atoms with Gasteiger partial charge in [0.1, 0.15) is 5.75 Å². The number of hydrogen-bond donors (Lipinski definition) is 1. The molecule has 1 aromatic carbocycles. The van der Waals surface area contributed by atoms with E-state index in [2.05, 4.69) is 9.44 Å². The van der Waals surface area contributed by atoms with Gasteiger partial charge in [-0.3, -0.25) is 4.28 Å². The highest BCUT2D eigenvalue weighted by atomic mass is 32.2. The van der Waals surface area contributed by atoms with Crippen molar-refractivity contribution >= 4 is 15.8 Å². The lowest BCUT2D eigenvalue weighted by Gasteiger charge is -2.31. The van der Waals surface area contributed by atoms with Gasteiger partial charge in [0.25, 0.3) is 0 Å². The molecule has 0 aliphatic rings. The Bertz CT molecular complexity index is 816. The third-order valence-corrected chi connectivity index (χ3v) is 4.14. The minimum Gasteiger partial charge on any atom is -0.508 e. The Hall–Kier alpha value is -2.19. The number of nitrogens with zero attached hydrogens (tertiary/aromatic N) is 1. The Morgan fingerprint density at radius 1 is 0.926 bits per heavy atom. The molecule has 1 rings (SSSR count). The molecule has 0 fully saturated rings. The second-order valence-corrected chi connectivity index (χ2v) is 6.49. The number of hydrogen-bond acceptors (Lipinski definition) is 5. The average molecular weight is 433 g/mol. The Morgan fingerprint density at radius 3 is 1.78 bits per heavy atom. The Kier molecular flexibility index (Phi) is 5.72. The molecule has 0 aliphatic heterocycles. The molecule has 1 N–H and O–H groups in total. The fourth-order valence-electron chi connectivity index (χ4n) is 1.42. The number of phenolic OH excluding ortho intramolecular Hbond substituents is 1. The summed E-state index contributed by atoms with van der Waals surface area (Å²) in [6, 6.07) is 4.15. The zero-order valence-electron chi connectivity index (χ0n) is 12.7. The molecule has 154 valence electrons. The van der Waals surface area contributed by atoms with Crippen LogP contribution in [-0.4, -0.2) is 42.5 Å². The second-order valence-electron chi connectivity index (χ2n) is 4.92. The normalized spacial score (nSPS) is 15.0. The van der Waals surface area contributed by atoms with Crippen molar-refractivity contribution in [1.82, 2.24) is 0 Å². The number of oxime groups is 1. The smallest absolute Gasteiger partial charge is 0.460 e. The SMILES string of the molecule is C/C(=N\OS(=O)(=O)C(F)(F)C(F)(F)C(F)(F)C(F)(F)F)c1ccc(O)cc1. The molecule has 0 aliphatic carbocycles. The summed E-state index contributed by atoms with van der Waals surface area (Å²) in [5.74, 6) is -15.1. The van der Waals surface area contributed by atoms with Gasteiger partial charge in [-0.1, -0.05) is 5.16 Å². The summed E-state index contributed by atoms with van der Waals surface area (Å²) < 4.78 is 140. The summed E-state index contributed by atoms with van der Waals surface area (Å²) in [7, 11) is -7.07. The predicted octanol–water partition coefficient (Wildman–Crippen LogP) is 3.89. The van der Waals surface area contributed by atoms with E-state index in [9.17, 15) is 47.9 Å². The first-order valence-electron chi connectivity index (χ1n) is 6.36. The lowest BCUT2D eigenvalue weighted by Crippen LogP contribution is -2.63. The number of alkyl halides is 9. The summed E-state index contributed by atoms with van der Waals surface area (Å²) in [6.45, 7) is 0.905. The molecule has 0 bridgehead atoms. The minimum atomic E-state index is -7.40. The fourth-order valence-corrected chi connectivity index (χ4v) is 2.17. The van der Waals surface area contributed by atoms with E-state index < -0.39 is 39.1 Å². The molecule has 15 heteroatoms. The molecule has 5 nitrogen and oxygen atoms in total. The van der Waals surface area contributed by atoms with E-state index in [1.54, 1.807) is 0 Å². The van der Waals surface area contributed by atoms with Crippen LogP contribution in [0.5, 0.6) is 5.75 Å². The van der Waals surface area contributed by atoms with Crippen molar-refractivity contribution in [2.75, 3.05) is 0 Å². The minimum absolute atomic E-state index is 0.0845. The largest absolute Gasteiger partial charge is 0.508 e. The zero-order valence-corrected chi connectivity index (χ0v) is 13.6. The molecule has 27 heavy (non-hydrogen) atoms. The molecule has 1 aromatic rings. The Labute approximate surface area is 145 Å². The third kappa shape index (κ3) is 3.91. The number of phenols is 1. The van der Waals surface area contributed by atoms with E-state index in [4.69, 9.17) is 5.11 Å². The van der Waals surface area contributed by atoms with E-state index in [0.717, 1.165) is 31.2 Å². The van der Waals surface area contributed by atoms with E-state index in [1.807, 2.05) is 0 Å². The number of halogens is 9. The molecule has 0 amide bonds. The topological polar surface area (TPSA) is 76.0 Å². The van der Waals surface area contributed by atoms with Gasteiger partial charge in [0.05, 0.1) is 5.71 Å². The van der Waals surface area contributed by atoms with Crippen molar-refractivity contribution in [3.63, 3.8) is 0 Å². The maximum Gasteiger partial charge on any atom is 0.460 e. The van der Waals surface area contributed by atoms with Gasteiger partial charge in [-0.15, -0.1) is 0 Å². The van der Waals surface area contributed by atoms with Crippen LogP contribution in [0, 0.1) is 0 Å². The second kappa shape index (κ2) is 6.76. The molecule has 0 atom stereocenters. The summed E-state index contributed by atoms with van der Waals surface area (Å²) >= 11 is 0. The molecule has 0 saturated carbocycles. The van der Waals surface area contributed by atoms with Crippen LogP contribution in [0.25, 0.3) is 0 Å². The van der Waals surface area contributed by atoms with Gasteiger partial charge in [-0.25, -0.2) is 0 Å². The van der Waals surface area contributed by atoms with Crippen molar-refractivity contribution in [1.29, 1.82) is 0 Å². The van der Waals surface area contributed by atoms with Crippen LogP contribution < -0.4 is 0 Å². The first-order chi connectivity index (χ1) is 11.9. The van der Waals surface area contributed by atoms with Crippen LogP contribution in [0.15, 0.2) is 29.4 Å². The summed E-state index contributed by atoms with van der Waals surface area (Å²) in [6.07, 6.45) is -7.18. The van der Waals surface area contributed by atoms with Crippen molar-refractivity contribution in [3.05, 3.63) is 29.8 Å². The lowest BCUT2D eigenvalue weighted by molar-refractivity contribution is -0.382. The molecule has 0 saturated heterocycles. The Balaban J connectivity index is 3.24. The van der Waals surface area contributed by atoms with Gasteiger partial charge in [0.15, 0.2) is 0 Å². The van der Waals surface area contributed by atoms with Gasteiger partial charge in [0.2, 0.25) is 0 Å². The van der Waals surface area contributed by atoms with E-state index >= 15 is 0 Å². The van der Waals surface area contributed by atoms with Crippen molar-refractivity contribution in [2.24, 2.45) is 5.16 Å². The molecule has 0 aromatic heterocycles. The highest BCUT2D eigenvalue weighted by Gasteiger charge is 2.86. The van der Waals surface area contributed by atoms with Crippen molar-refractivity contribution in [3.8, 4) is 5.75 Å². The number of benzene rings is 1. The monoisotopic (exact) mass is 433 g/mol. The zero-order chi connectivity index (χ0) is 21.5. The maximum absolute atomic E-state index is 13.4. The van der Waals surface area contributed by atoms with E-state index in [0.29, 0.717) is 0 Å². The van der Waals surface area contributed by atoms with Crippen LogP contribution >= 0.6 is 0 Å². The molecule has 0 spiro atoms. The van der Waals surface area contributed by atoms with Crippen LogP contribution in [-0.2, 0) is 14.4 Å². The first kappa shape index (κ1) is 22.9. The van der Waals surface area contributed by atoms with Crippen LogP contribution in [0.3, 0.4) is 0 Å². The quantitative estimate of drug-likeness (QED) is 0.420. The molecular weight excluding hydrogens is 425 g/mol. The van der Waals surface area contributed by atoms with Gasteiger partial charge in [0, 0.05) is 0 Å². The van der Waals surface area contributed by atoms with Crippen LogP contribution in [0.4, 0.5) is 39.5 Å². The predicted molar refractivity (Wildman–Crippen MR) is 71.2 cm³/mol. The summed E-state index contributed by atoms with van der Waals surface area (Å²) in [5.41, 5.74) is -0.654. The van der Waals surface area contributed by atoms with Gasteiger partial charge >= 0.3 is 33.4 Å². The molecule has 0 heterocycles. The summed E-state index contributed by atoms with van der Waals surface area (Å²) in [4.78, 5) is 0. The molecule has 0 radical (unpaired) electrons. The van der Waals surface area contributed by atoms with Crippen LogP contribution in [0.2, 0.25) is 0 Å². The average Bonchev–Trinajstić information content (AvgIpc) is 2.51. The molecule has 0 unspecified atom stereocenters. The van der Waals surface area contributed by atoms with Crippen molar-refractivity contribution < 1.29 is 57.3 Å². The maximum atomic E-state index is 13.4. The Morgan fingerprint density at radius 2 is 1.37 bits per heavy atom. The lowest BCUT2D eigenvalue weighted by atomic mass is 10.1. The number of aromatic hydroxyl groups is 1. The highest BCUT2D eigenvalue weighted by Crippen LogP contribution is 2.54. The summed E-state index contributed by atoms with van der Waals surface area (Å²) in [5, 5.41) is 4.56. The first-order valence-corrected chi connectivity index (χ1v) is 7.76. The van der Waals surface area contributed by atoms with E-state index in [1.165, 1.54) is 0 Å². The van der Waals surface area contributed by atoms with E-state index in [-0.39, 0.29) is 11.3 Å². The highest BCUT2D eigenvalue weighted by molar-refractivity contribution is 7.87. The van der Waals surface area contributed by atoms with Gasteiger partial charge < -0.3 is 5.11 Å². The molecular formula is C12H8F9NO4S. The van der Waals surface area contributed by atoms with Crippen LogP contribution in [0.1, 0.15) is 12.5 Å². The standard InChI is InChI=1S/C12H8F9NO4S/c1-6(7-2-4-8(23)5-3-7)22-26-27(24,25)12(20,21)10(15,16)9(13,14)11(17,18)19/h2-5,23H,1H3/b22-6+. The number of rotatable bonds is 6. The fraction of sp³-hybridized carbons (Fsp3) is 0.417. The van der Waals surface area contributed by atoms with Gasteiger partial charge in [-0.2, -0.15) is 47.9 Å². The van der Waals surface area contributed by atoms with Crippen molar-refractivity contribution in [2.45, 2.75) is 30.2 Å². The third-order valence-electron chi connectivity index (χ3n) is 2.99. The van der Waals surface area contributed by atoms with Gasteiger partial charge in [-0.05, 0) is 36.8 Å².